The number of hydrogen-bond acceptors (Lipinski definition) is 3. The molecule has 0 saturated heterocycles. The second-order valence-electron chi connectivity index (χ2n) is 7.29. The van der Waals surface area contributed by atoms with E-state index in [-0.39, 0.29) is 11.7 Å². The third-order valence-corrected chi connectivity index (χ3v) is 5.58. The summed E-state index contributed by atoms with van der Waals surface area (Å²) in [5, 5.41) is 11.9. The van der Waals surface area contributed by atoms with E-state index in [2.05, 4.69) is 0 Å². The van der Waals surface area contributed by atoms with Gasteiger partial charge in [0.05, 0.1) is 12.7 Å². The number of carbonyl (C=O) groups is 1. The van der Waals surface area contributed by atoms with Crippen LogP contribution in [0.1, 0.15) is 21.5 Å². The quantitative estimate of drug-likeness (QED) is 0.404. The molecule has 1 amide bonds. The maximum Gasteiger partial charge on any atom is 0.258 e. The molecule has 4 aromatic rings. The van der Waals surface area contributed by atoms with Gasteiger partial charge in [0, 0.05) is 18.1 Å². The molecule has 0 aliphatic rings. The molecule has 31 heavy (non-hydrogen) atoms. The number of fused-ring (bicyclic) bond motifs is 1. The highest BCUT2D eigenvalue weighted by Gasteiger charge is 2.23. The van der Waals surface area contributed by atoms with Gasteiger partial charge in [0.15, 0.2) is 0 Å². The Hall–Kier alpha value is -3.50. The van der Waals surface area contributed by atoms with Gasteiger partial charge in [-0.15, -0.1) is 0 Å². The number of phenols is 1. The van der Waals surface area contributed by atoms with Crippen molar-refractivity contribution < 1.29 is 14.6 Å². The second kappa shape index (κ2) is 9.11. The fraction of sp³-hybridized carbons (Fsp3) is 0.115. The van der Waals surface area contributed by atoms with E-state index >= 15 is 0 Å². The molecule has 5 heteroatoms. The van der Waals surface area contributed by atoms with Crippen molar-refractivity contribution in [2.24, 2.45) is 0 Å². The third kappa shape index (κ3) is 4.49. The van der Waals surface area contributed by atoms with Gasteiger partial charge in [-0.2, -0.15) is 0 Å². The summed E-state index contributed by atoms with van der Waals surface area (Å²) >= 11 is 6.36. The molecular formula is C26H22ClNO3. The molecule has 0 spiro atoms. The molecular weight excluding hydrogens is 410 g/mol. The summed E-state index contributed by atoms with van der Waals surface area (Å²) in [5.74, 6) is 0.464. The van der Waals surface area contributed by atoms with Crippen molar-refractivity contribution in [2.75, 3.05) is 7.11 Å². The number of aromatic hydroxyl groups is 1. The van der Waals surface area contributed by atoms with Gasteiger partial charge in [-0.1, -0.05) is 78.3 Å². The Morgan fingerprint density at radius 2 is 1.68 bits per heavy atom. The summed E-state index contributed by atoms with van der Waals surface area (Å²) in [7, 11) is 1.57. The largest absolute Gasteiger partial charge is 0.508 e. The molecule has 4 rings (SSSR count). The predicted molar refractivity (Wildman–Crippen MR) is 124 cm³/mol. The summed E-state index contributed by atoms with van der Waals surface area (Å²) in [5.41, 5.74) is 2.28. The number of halogens is 1. The lowest BCUT2D eigenvalue weighted by atomic mass is 10.0. The Morgan fingerprint density at radius 3 is 2.42 bits per heavy atom. The van der Waals surface area contributed by atoms with Gasteiger partial charge >= 0.3 is 0 Å². The highest BCUT2D eigenvalue weighted by atomic mass is 35.5. The first-order valence-electron chi connectivity index (χ1n) is 9.93. The fourth-order valence-corrected chi connectivity index (χ4v) is 3.91. The van der Waals surface area contributed by atoms with E-state index in [9.17, 15) is 9.90 Å². The van der Waals surface area contributed by atoms with Crippen LogP contribution in [0.5, 0.6) is 11.5 Å². The smallest absolute Gasteiger partial charge is 0.258 e. The monoisotopic (exact) mass is 431 g/mol. The number of methoxy groups -OCH3 is 1. The first kappa shape index (κ1) is 20.8. The summed E-state index contributed by atoms with van der Waals surface area (Å²) in [6, 6.07) is 26.1. The van der Waals surface area contributed by atoms with Crippen LogP contribution in [-0.2, 0) is 13.1 Å². The number of ether oxygens (including phenoxy) is 1. The van der Waals surface area contributed by atoms with Crippen LogP contribution < -0.4 is 4.74 Å². The SMILES string of the molecule is COc1ccc2ccccc2c1C(=O)N(Cc1ccccc1)Cc1ccc(O)cc1Cl. The van der Waals surface area contributed by atoms with E-state index in [0.29, 0.717) is 29.4 Å². The maximum atomic E-state index is 13.9. The van der Waals surface area contributed by atoms with Crippen LogP contribution in [0.2, 0.25) is 5.02 Å². The number of phenolic OH excluding ortho intramolecular Hbond substituents is 1. The van der Waals surface area contributed by atoms with Crippen molar-refractivity contribution in [3.05, 3.63) is 107 Å². The molecule has 0 bridgehead atoms. The highest BCUT2D eigenvalue weighted by Crippen LogP contribution is 2.31. The highest BCUT2D eigenvalue weighted by molar-refractivity contribution is 6.31. The minimum Gasteiger partial charge on any atom is -0.508 e. The van der Waals surface area contributed by atoms with Gasteiger partial charge < -0.3 is 14.7 Å². The van der Waals surface area contributed by atoms with Crippen LogP contribution in [0.3, 0.4) is 0 Å². The summed E-state index contributed by atoms with van der Waals surface area (Å²) in [6.07, 6.45) is 0. The normalized spacial score (nSPS) is 10.8. The maximum absolute atomic E-state index is 13.9. The van der Waals surface area contributed by atoms with Gasteiger partial charge in [-0.05, 0) is 40.1 Å². The lowest BCUT2D eigenvalue weighted by Gasteiger charge is -2.25. The standard InChI is InChI=1S/C26H22ClNO3/c1-31-24-14-12-19-9-5-6-10-22(19)25(24)26(30)28(16-18-7-3-2-4-8-18)17-20-11-13-21(29)15-23(20)27/h2-15,29H,16-17H2,1H3. The zero-order chi connectivity index (χ0) is 21.8. The number of benzene rings is 4. The number of rotatable bonds is 6. The van der Waals surface area contributed by atoms with Crippen LogP contribution in [0.25, 0.3) is 10.8 Å². The molecule has 4 nitrogen and oxygen atoms in total. The number of hydrogen-bond donors (Lipinski definition) is 1. The van der Waals surface area contributed by atoms with Crippen molar-refractivity contribution in [3.8, 4) is 11.5 Å². The van der Waals surface area contributed by atoms with E-state index in [0.717, 1.165) is 21.9 Å². The number of carbonyl (C=O) groups excluding carboxylic acids is 1. The minimum absolute atomic E-state index is 0.0883. The summed E-state index contributed by atoms with van der Waals surface area (Å²) in [6.45, 7) is 0.697. The first-order valence-corrected chi connectivity index (χ1v) is 10.3. The van der Waals surface area contributed by atoms with Crippen LogP contribution in [0.4, 0.5) is 0 Å². The van der Waals surface area contributed by atoms with Gasteiger partial charge in [-0.3, -0.25) is 4.79 Å². The average molecular weight is 432 g/mol. The van der Waals surface area contributed by atoms with Crippen molar-refractivity contribution in [3.63, 3.8) is 0 Å². The molecule has 0 atom stereocenters. The fourth-order valence-electron chi connectivity index (χ4n) is 3.67. The van der Waals surface area contributed by atoms with E-state index in [1.807, 2.05) is 66.7 Å². The van der Waals surface area contributed by atoms with Crippen LogP contribution >= 0.6 is 11.6 Å². The van der Waals surface area contributed by atoms with E-state index in [4.69, 9.17) is 16.3 Å². The molecule has 0 aliphatic heterocycles. The Kier molecular flexibility index (Phi) is 6.10. The zero-order valence-corrected chi connectivity index (χ0v) is 17.8. The molecule has 156 valence electrons. The number of nitrogens with zero attached hydrogens (tertiary/aromatic N) is 1. The molecule has 1 N–H and O–H groups in total. The lowest BCUT2D eigenvalue weighted by Crippen LogP contribution is -2.30. The molecule has 0 heterocycles. The minimum atomic E-state index is -0.151. The molecule has 0 aliphatic carbocycles. The van der Waals surface area contributed by atoms with Crippen LogP contribution in [-0.4, -0.2) is 23.0 Å². The van der Waals surface area contributed by atoms with Crippen LogP contribution in [0.15, 0.2) is 84.9 Å². The van der Waals surface area contributed by atoms with E-state index in [1.165, 1.54) is 6.07 Å². The Morgan fingerprint density at radius 1 is 0.935 bits per heavy atom. The topological polar surface area (TPSA) is 49.8 Å². The van der Waals surface area contributed by atoms with Gasteiger partial charge in [0.1, 0.15) is 11.5 Å². The number of amides is 1. The van der Waals surface area contributed by atoms with Crippen molar-refractivity contribution in [2.45, 2.75) is 13.1 Å². The first-order chi connectivity index (χ1) is 15.1. The van der Waals surface area contributed by atoms with Crippen molar-refractivity contribution in [1.82, 2.24) is 4.90 Å². The Bertz CT molecular complexity index is 1220. The molecule has 0 fully saturated rings. The second-order valence-corrected chi connectivity index (χ2v) is 7.69. The third-order valence-electron chi connectivity index (χ3n) is 5.23. The van der Waals surface area contributed by atoms with Crippen LogP contribution in [0, 0.1) is 0 Å². The molecule has 0 unspecified atom stereocenters. The molecule has 0 radical (unpaired) electrons. The van der Waals surface area contributed by atoms with E-state index in [1.54, 1.807) is 24.1 Å². The molecule has 0 aromatic heterocycles. The Balaban J connectivity index is 1.79. The van der Waals surface area contributed by atoms with Gasteiger partial charge in [-0.25, -0.2) is 0 Å². The lowest BCUT2D eigenvalue weighted by molar-refractivity contribution is 0.0729. The molecule has 4 aromatic carbocycles. The van der Waals surface area contributed by atoms with E-state index < -0.39 is 0 Å². The van der Waals surface area contributed by atoms with Crippen molar-refractivity contribution in [1.29, 1.82) is 0 Å². The Labute approximate surface area is 186 Å². The molecule has 0 saturated carbocycles. The van der Waals surface area contributed by atoms with Gasteiger partial charge in [0.25, 0.3) is 5.91 Å². The predicted octanol–water partition coefficient (Wildman–Crippen LogP) is 6.05. The van der Waals surface area contributed by atoms with Crippen molar-refractivity contribution >= 4 is 28.3 Å². The summed E-state index contributed by atoms with van der Waals surface area (Å²) < 4.78 is 5.56. The zero-order valence-electron chi connectivity index (χ0n) is 17.1. The van der Waals surface area contributed by atoms with Gasteiger partial charge in [0.2, 0.25) is 0 Å². The summed E-state index contributed by atoms with van der Waals surface area (Å²) in [4.78, 5) is 15.6. The average Bonchev–Trinajstić information content (AvgIpc) is 2.79.